The van der Waals surface area contributed by atoms with Crippen LogP contribution in [0.25, 0.3) is 10.8 Å². The van der Waals surface area contributed by atoms with E-state index in [1.807, 2.05) is 49.4 Å². The third-order valence-corrected chi connectivity index (χ3v) is 5.86. The summed E-state index contributed by atoms with van der Waals surface area (Å²) in [5.41, 5.74) is 2.10. The van der Waals surface area contributed by atoms with Crippen molar-refractivity contribution in [2.45, 2.75) is 19.5 Å². The third-order valence-electron chi connectivity index (χ3n) is 5.86. The minimum Gasteiger partial charge on any atom is -0.368 e. The van der Waals surface area contributed by atoms with E-state index >= 15 is 0 Å². The summed E-state index contributed by atoms with van der Waals surface area (Å²) >= 11 is 0. The lowest BCUT2D eigenvalue weighted by Gasteiger charge is -2.38. The molecule has 2 aromatic carbocycles. The van der Waals surface area contributed by atoms with Crippen LogP contribution in [0.15, 0.2) is 60.9 Å². The summed E-state index contributed by atoms with van der Waals surface area (Å²) in [4.78, 5) is 32.0. The summed E-state index contributed by atoms with van der Waals surface area (Å²) in [6, 6.07) is 14.8. The monoisotopic (exact) mass is 419 g/mol. The minimum absolute atomic E-state index is 0.0177. The van der Waals surface area contributed by atoms with Crippen LogP contribution in [0.4, 0.5) is 11.4 Å². The first-order chi connectivity index (χ1) is 15.0. The molecule has 0 spiro atoms. The van der Waals surface area contributed by atoms with Crippen molar-refractivity contribution in [1.82, 2.24) is 15.2 Å². The maximum absolute atomic E-state index is 12.6. The second-order valence-corrected chi connectivity index (χ2v) is 7.68. The highest BCUT2D eigenvalue weighted by atomic mass is 16.6. The number of carbonyl (C=O) groups excluding carboxylic acids is 1. The molecule has 1 unspecified atom stereocenters. The summed E-state index contributed by atoms with van der Waals surface area (Å²) in [5.74, 6) is 0.0177. The minimum atomic E-state index is -0.374. The average Bonchev–Trinajstić information content (AvgIpc) is 2.82. The number of pyridine rings is 1. The summed E-state index contributed by atoms with van der Waals surface area (Å²) < 4.78 is 0. The maximum atomic E-state index is 12.6. The lowest BCUT2D eigenvalue weighted by Crippen LogP contribution is -2.53. The molecule has 1 aliphatic rings. The molecule has 160 valence electrons. The van der Waals surface area contributed by atoms with Crippen molar-refractivity contribution >= 4 is 28.1 Å². The van der Waals surface area contributed by atoms with Crippen LogP contribution in [0.5, 0.6) is 0 Å². The first-order valence-electron chi connectivity index (χ1n) is 10.4. The molecule has 1 aliphatic heterocycles. The number of non-ortho nitro benzene ring substituents is 1. The highest BCUT2D eigenvalue weighted by molar-refractivity contribution is 5.99. The number of fused-ring (bicyclic) bond motifs is 1. The largest absolute Gasteiger partial charge is 0.368 e. The molecule has 3 aromatic rings. The number of hydrogen-bond acceptors (Lipinski definition) is 6. The Balaban J connectivity index is 1.40. The van der Waals surface area contributed by atoms with Crippen LogP contribution in [-0.4, -0.2) is 52.9 Å². The molecule has 1 N–H and O–H groups in total. The molecule has 1 aromatic heterocycles. The lowest BCUT2D eigenvalue weighted by atomic mass is 10.1. The fourth-order valence-electron chi connectivity index (χ4n) is 4.04. The van der Waals surface area contributed by atoms with Gasteiger partial charge in [-0.3, -0.25) is 24.8 Å². The van der Waals surface area contributed by atoms with E-state index in [2.05, 4.69) is 20.1 Å². The molecule has 4 rings (SSSR count). The number of benzene rings is 2. The molecule has 1 saturated heterocycles. The SMILES string of the molecule is CC(C(=O)NCc1ccccc1)N1CCN(c2ccc([N+](=O)[O-])c3cnccc23)CC1. The van der Waals surface area contributed by atoms with Gasteiger partial charge in [0.15, 0.2) is 0 Å². The topological polar surface area (TPSA) is 91.6 Å². The second kappa shape index (κ2) is 9.09. The molecule has 0 saturated carbocycles. The van der Waals surface area contributed by atoms with Gasteiger partial charge < -0.3 is 10.2 Å². The number of nitrogens with zero attached hydrogens (tertiary/aromatic N) is 4. The number of aromatic nitrogens is 1. The number of nitro groups is 1. The zero-order valence-corrected chi connectivity index (χ0v) is 17.4. The van der Waals surface area contributed by atoms with Crippen LogP contribution >= 0.6 is 0 Å². The Bertz CT molecular complexity index is 1080. The van der Waals surface area contributed by atoms with Crippen LogP contribution in [0.2, 0.25) is 0 Å². The number of piperazine rings is 1. The molecular formula is C23H25N5O3. The van der Waals surface area contributed by atoms with E-state index in [0.717, 1.165) is 42.8 Å². The number of nitrogens with one attached hydrogen (secondary N) is 1. The van der Waals surface area contributed by atoms with Gasteiger partial charge in [-0.05, 0) is 24.6 Å². The molecule has 0 aliphatic carbocycles. The summed E-state index contributed by atoms with van der Waals surface area (Å²) in [7, 11) is 0. The lowest BCUT2D eigenvalue weighted by molar-refractivity contribution is -0.383. The van der Waals surface area contributed by atoms with Gasteiger partial charge in [-0.25, -0.2) is 0 Å². The van der Waals surface area contributed by atoms with E-state index in [1.165, 1.54) is 0 Å². The van der Waals surface area contributed by atoms with Gasteiger partial charge in [0.25, 0.3) is 5.69 Å². The summed E-state index contributed by atoms with van der Waals surface area (Å²) in [6.07, 6.45) is 3.21. The molecular weight excluding hydrogens is 394 g/mol. The van der Waals surface area contributed by atoms with Crippen LogP contribution < -0.4 is 10.2 Å². The predicted octanol–water partition coefficient (Wildman–Crippen LogP) is 2.97. The molecule has 1 fully saturated rings. The first kappa shape index (κ1) is 20.7. The zero-order valence-electron chi connectivity index (χ0n) is 17.4. The Kier molecular flexibility index (Phi) is 6.08. The number of nitro benzene ring substituents is 1. The highest BCUT2D eigenvalue weighted by Gasteiger charge is 2.27. The Hall–Kier alpha value is -3.52. The van der Waals surface area contributed by atoms with E-state index in [1.54, 1.807) is 18.5 Å². The van der Waals surface area contributed by atoms with Gasteiger partial charge in [0.1, 0.15) is 0 Å². The van der Waals surface area contributed by atoms with Gasteiger partial charge in [0, 0.05) is 62.3 Å². The molecule has 1 atom stereocenters. The quantitative estimate of drug-likeness (QED) is 0.488. The molecule has 1 amide bonds. The van der Waals surface area contributed by atoms with Gasteiger partial charge in [-0.2, -0.15) is 0 Å². The van der Waals surface area contributed by atoms with E-state index in [-0.39, 0.29) is 22.6 Å². The Labute approximate surface area is 180 Å². The standard InChI is InChI=1S/C23H25N5O3/c1-17(23(29)25-15-18-5-3-2-4-6-18)26-11-13-27(14-12-26)21-7-8-22(28(30)31)20-16-24-10-9-19(20)21/h2-10,16-17H,11-15H2,1H3,(H,25,29). The van der Waals surface area contributed by atoms with Crippen LogP contribution in [0.1, 0.15) is 12.5 Å². The van der Waals surface area contributed by atoms with Crippen molar-refractivity contribution in [3.05, 3.63) is 76.6 Å². The molecule has 8 heteroatoms. The average molecular weight is 419 g/mol. The van der Waals surface area contributed by atoms with Gasteiger partial charge >= 0.3 is 0 Å². The van der Waals surface area contributed by atoms with Crippen molar-refractivity contribution in [3.8, 4) is 0 Å². The number of anilines is 1. The van der Waals surface area contributed by atoms with Crippen molar-refractivity contribution in [2.75, 3.05) is 31.1 Å². The fourth-order valence-corrected chi connectivity index (χ4v) is 4.04. The second-order valence-electron chi connectivity index (χ2n) is 7.68. The number of hydrogen-bond donors (Lipinski definition) is 1. The van der Waals surface area contributed by atoms with Gasteiger partial charge in [-0.15, -0.1) is 0 Å². The summed E-state index contributed by atoms with van der Waals surface area (Å²) in [5, 5.41) is 15.7. The van der Waals surface area contributed by atoms with Gasteiger partial charge in [-0.1, -0.05) is 30.3 Å². The third kappa shape index (κ3) is 4.49. The van der Waals surface area contributed by atoms with Crippen LogP contribution in [0.3, 0.4) is 0 Å². The molecule has 31 heavy (non-hydrogen) atoms. The number of amides is 1. The van der Waals surface area contributed by atoms with E-state index in [9.17, 15) is 14.9 Å². The first-order valence-corrected chi connectivity index (χ1v) is 10.4. The van der Waals surface area contributed by atoms with Crippen LogP contribution in [0, 0.1) is 10.1 Å². The predicted molar refractivity (Wildman–Crippen MR) is 120 cm³/mol. The zero-order chi connectivity index (χ0) is 21.8. The maximum Gasteiger partial charge on any atom is 0.278 e. The Morgan fingerprint density at radius 3 is 2.55 bits per heavy atom. The van der Waals surface area contributed by atoms with Crippen molar-refractivity contribution in [3.63, 3.8) is 0 Å². The van der Waals surface area contributed by atoms with E-state index in [0.29, 0.717) is 11.9 Å². The molecule has 0 radical (unpaired) electrons. The summed E-state index contributed by atoms with van der Waals surface area (Å²) in [6.45, 7) is 5.42. The smallest absolute Gasteiger partial charge is 0.278 e. The molecule has 8 nitrogen and oxygen atoms in total. The van der Waals surface area contributed by atoms with Gasteiger partial charge in [0.2, 0.25) is 5.91 Å². The normalized spacial score (nSPS) is 15.6. The van der Waals surface area contributed by atoms with E-state index in [4.69, 9.17) is 0 Å². The van der Waals surface area contributed by atoms with Gasteiger partial charge in [0.05, 0.1) is 16.4 Å². The Morgan fingerprint density at radius 1 is 1.10 bits per heavy atom. The van der Waals surface area contributed by atoms with Crippen molar-refractivity contribution < 1.29 is 9.72 Å². The van der Waals surface area contributed by atoms with Crippen molar-refractivity contribution in [1.29, 1.82) is 0 Å². The van der Waals surface area contributed by atoms with Crippen molar-refractivity contribution in [2.24, 2.45) is 0 Å². The Morgan fingerprint density at radius 2 is 1.84 bits per heavy atom. The highest BCUT2D eigenvalue weighted by Crippen LogP contribution is 2.33. The van der Waals surface area contributed by atoms with E-state index < -0.39 is 0 Å². The number of carbonyl (C=O) groups is 1. The number of rotatable bonds is 6. The van der Waals surface area contributed by atoms with Crippen LogP contribution in [-0.2, 0) is 11.3 Å². The molecule has 2 heterocycles. The molecule has 0 bridgehead atoms. The fraction of sp³-hybridized carbons (Fsp3) is 0.304.